The molecule has 2 aromatic carbocycles. The Hall–Kier alpha value is -2.99. The molecule has 1 aromatic heterocycles. The molecule has 1 aliphatic rings. The third-order valence-corrected chi connectivity index (χ3v) is 5.55. The third-order valence-electron chi connectivity index (χ3n) is 4.64. The fourth-order valence-electron chi connectivity index (χ4n) is 3.24. The predicted molar refractivity (Wildman–Crippen MR) is 110 cm³/mol. The van der Waals surface area contributed by atoms with Crippen molar-refractivity contribution < 1.29 is 4.79 Å². The summed E-state index contributed by atoms with van der Waals surface area (Å²) in [5.41, 5.74) is 5.39. The Balaban J connectivity index is 1.91. The second-order valence-electron chi connectivity index (χ2n) is 6.32. The molecule has 0 saturated carbocycles. The first-order valence-electron chi connectivity index (χ1n) is 8.84. The van der Waals surface area contributed by atoms with Crippen LogP contribution in [0.15, 0.2) is 64.0 Å². The zero-order chi connectivity index (χ0) is 19.0. The zero-order valence-electron chi connectivity index (χ0n) is 15.5. The van der Waals surface area contributed by atoms with Gasteiger partial charge >= 0.3 is 0 Å². The van der Waals surface area contributed by atoms with Gasteiger partial charge in [0.1, 0.15) is 0 Å². The number of carbonyl (C=O) groups excluding carboxylic acids is 1. The Morgan fingerprint density at radius 2 is 1.81 bits per heavy atom. The highest BCUT2D eigenvalue weighted by Gasteiger charge is 2.33. The fourth-order valence-corrected chi connectivity index (χ4v) is 4.04. The Labute approximate surface area is 161 Å². The Bertz CT molecular complexity index is 1110. The molecule has 1 aliphatic heterocycles. The lowest BCUT2D eigenvalue weighted by Gasteiger charge is -2.13. The van der Waals surface area contributed by atoms with Crippen LogP contribution in [-0.4, -0.2) is 29.9 Å². The van der Waals surface area contributed by atoms with Gasteiger partial charge in [-0.05, 0) is 19.9 Å². The first-order valence-corrected chi connectivity index (χ1v) is 9.72. The lowest BCUT2D eigenvalue weighted by atomic mass is 10.1. The van der Waals surface area contributed by atoms with Gasteiger partial charge in [-0.25, -0.2) is 4.68 Å². The molecule has 2 heterocycles. The molecule has 0 N–H and O–H groups in total. The van der Waals surface area contributed by atoms with Crippen LogP contribution in [0.5, 0.6) is 0 Å². The van der Waals surface area contributed by atoms with Gasteiger partial charge in [0.15, 0.2) is 5.71 Å². The highest BCUT2D eigenvalue weighted by atomic mass is 32.1. The molecule has 0 unspecified atom stereocenters. The first-order chi connectivity index (χ1) is 13.1. The molecule has 0 radical (unpaired) electrons. The number of likely N-dealkylation sites (N-methyl/N-ethyl adjacent to an activating group) is 1. The Morgan fingerprint density at radius 3 is 2.52 bits per heavy atom. The lowest BCUT2D eigenvalue weighted by molar-refractivity contribution is -0.112. The van der Waals surface area contributed by atoms with Gasteiger partial charge in [0.25, 0.3) is 5.91 Å². The number of rotatable bonds is 3. The number of para-hydroxylation sites is 1. The number of fused-ring (bicyclic) bond motifs is 1. The molecule has 3 aromatic rings. The van der Waals surface area contributed by atoms with Gasteiger partial charge in [-0.1, -0.05) is 48.0 Å². The van der Waals surface area contributed by atoms with Crippen molar-refractivity contribution in [2.75, 3.05) is 18.5 Å². The number of aromatic nitrogens is 1. The molecule has 0 atom stereocenters. The van der Waals surface area contributed by atoms with Crippen LogP contribution >= 0.6 is 11.3 Å². The quantitative estimate of drug-likeness (QED) is 0.688. The molecule has 0 saturated heterocycles. The van der Waals surface area contributed by atoms with Gasteiger partial charge in [0.2, 0.25) is 4.80 Å². The van der Waals surface area contributed by atoms with Crippen molar-refractivity contribution in [3.8, 4) is 11.3 Å². The molecule has 4 rings (SSSR count). The minimum Gasteiger partial charge on any atom is -0.307 e. The van der Waals surface area contributed by atoms with Gasteiger partial charge in [-0.15, -0.1) is 11.3 Å². The van der Waals surface area contributed by atoms with Crippen LogP contribution in [0, 0.1) is 6.92 Å². The average Bonchev–Trinajstić information content (AvgIpc) is 3.21. The molecule has 0 fully saturated rings. The summed E-state index contributed by atoms with van der Waals surface area (Å²) >= 11 is 1.51. The molecule has 5 nitrogen and oxygen atoms in total. The number of nitrogens with zero attached hydrogens (tertiary/aromatic N) is 4. The summed E-state index contributed by atoms with van der Waals surface area (Å²) in [5, 5.41) is 6.79. The summed E-state index contributed by atoms with van der Waals surface area (Å²) in [6.07, 6.45) is 0. The van der Waals surface area contributed by atoms with E-state index < -0.39 is 0 Å². The molecule has 1 amide bonds. The molecule has 0 aliphatic carbocycles. The number of thiazole rings is 1. The van der Waals surface area contributed by atoms with Crippen LogP contribution < -0.4 is 9.70 Å². The summed E-state index contributed by atoms with van der Waals surface area (Å²) in [7, 11) is 1.74. The van der Waals surface area contributed by atoms with Gasteiger partial charge in [-0.2, -0.15) is 5.10 Å². The van der Waals surface area contributed by atoms with E-state index in [0.29, 0.717) is 12.3 Å². The molecule has 0 bridgehead atoms. The number of aryl methyl sites for hydroxylation is 1. The minimum absolute atomic E-state index is 0.0747. The summed E-state index contributed by atoms with van der Waals surface area (Å²) in [4.78, 5) is 19.8. The second kappa shape index (κ2) is 6.96. The van der Waals surface area contributed by atoms with Crippen LogP contribution in [0.1, 0.15) is 18.1 Å². The third kappa shape index (κ3) is 2.92. The van der Waals surface area contributed by atoms with Crippen molar-refractivity contribution in [1.82, 2.24) is 4.68 Å². The van der Waals surface area contributed by atoms with Crippen LogP contribution in [0.4, 0.5) is 5.69 Å². The van der Waals surface area contributed by atoms with E-state index in [2.05, 4.69) is 36.2 Å². The van der Waals surface area contributed by atoms with Gasteiger partial charge in [-0.3, -0.25) is 9.79 Å². The van der Waals surface area contributed by atoms with Crippen molar-refractivity contribution >= 4 is 28.6 Å². The summed E-state index contributed by atoms with van der Waals surface area (Å²) in [6, 6.07) is 16.1. The highest BCUT2D eigenvalue weighted by Crippen LogP contribution is 2.29. The van der Waals surface area contributed by atoms with E-state index in [4.69, 9.17) is 5.10 Å². The SMILES string of the molecule is CCN1C(=O)C(=Nn2c(-c3ccc(C)cc3)csc2=NC)c2ccccc21. The van der Waals surface area contributed by atoms with E-state index >= 15 is 0 Å². The molecular weight excluding hydrogens is 356 g/mol. The highest BCUT2D eigenvalue weighted by molar-refractivity contribution is 7.07. The number of benzene rings is 2. The van der Waals surface area contributed by atoms with Crippen molar-refractivity contribution in [2.45, 2.75) is 13.8 Å². The number of carbonyl (C=O) groups is 1. The molecule has 136 valence electrons. The minimum atomic E-state index is -0.0747. The summed E-state index contributed by atoms with van der Waals surface area (Å²) < 4.78 is 1.78. The van der Waals surface area contributed by atoms with E-state index in [1.165, 1.54) is 16.9 Å². The van der Waals surface area contributed by atoms with E-state index in [1.807, 2.05) is 36.6 Å². The second-order valence-corrected chi connectivity index (χ2v) is 7.16. The molecule has 27 heavy (non-hydrogen) atoms. The van der Waals surface area contributed by atoms with Crippen molar-refractivity contribution in [1.29, 1.82) is 0 Å². The van der Waals surface area contributed by atoms with E-state index in [-0.39, 0.29) is 5.91 Å². The molecular formula is C21H20N4OS. The number of amides is 1. The topological polar surface area (TPSA) is 50.0 Å². The van der Waals surface area contributed by atoms with Crippen LogP contribution in [0.2, 0.25) is 0 Å². The standard InChI is InChI=1S/C21H20N4OS/c1-4-24-17-8-6-5-7-16(17)19(20(24)26)23-25-18(13-27-21(25)22-3)15-11-9-14(2)10-12-15/h5-13H,4H2,1-3H3. The van der Waals surface area contributed by atoms with Gasteiger partial charge in [0, 0.05) is 30.1 Å². The van der Waals surface area contributed by atoms with E-state index in [0.717, 1.165) is 27.3 Å². The summed E-state index contributed by atoms with van der Waals surface area (Å²) in [6.45, 7) is 4.64. The lowest BCUT2D eigenvalue weighted by Crippen LogP contribution is -2.30. The maximum absolute atomic E-state index is 13.0. The first kappa shape index (κ1) is 17.4. The number of anilines is 1. The van der Waals surface area contributed by atoms with E-state index in [9.17, 15) is 4.79 Å². The maximum atomic E-state index is 13.0. The Kier molecular flexibility index (Phi) is 4.49. The van der Waals surface area contributed by atoms with Crippen LogP contribution in [-0.2, 0) is 4.79 Å². The fraction of sp³-hybridized carbons (Fsp3) is 0.190. The van der Waals surface area contributed by atoms with Crippen molar-refractivity contribution in [3.63, 3.8) is 0 Å². The number of hydrogen-bond acceptors (Lipinski definition) is 4. The molecule has 0 spiro atoms. The summed E-state index contributed by atoms with van der Waals surface area (Å²) in [5.74, 6) is -0.0747. The molecule has 6 heteroatoms. The largest absolute Gasteiger partial charge is 0.307 e. The normalized spacial score (nSPS) is 15.7. The van der Waals surface area contributed by atoms with Crippen LogP contribution in [0.3, 0.4) is 0 Å². The maximum Gasteiger partial charge on any atom is 0.279 e. The van der Waals surface area contributed by atoms with Gasteiger partial charge < -0.3 is 4.90 Å². The smallest absolute Gasteiger partial charge is 0.279 e. The predicted octanol–water partition coefficient (Wildman–Crippen LogP) is 3.67. The van der Waals surface area contributed by atoms with E-state index in [1.54, 1.807) is 16.6 Å². The van der Waals surface area contributed by atoms with Gasteiger partial charge in [0.05, 0.1) is 11.4 Å². The van der Waals surface area contributed by atoms with Crippen molar-refractivity contribution in [3.05, 3.63) is 69.8 Å². The van der Waals surface area contributed by atoms with Crippen molar-refractivity contribution in [2.24, 2.45) is 10.1 Å². The average molecular weight is 376 g/mol. The van der Waals surface area contributed by atoms with Crippen LogP contribution in [0.25, 0.3) is 11.3 Å². The zero-order valence-corrected chi connectivity index (χ0v) is 16.3. The monoisotopic (exact) mass is 376 g/mol. The Morgan fingerprint density at radius 1 is 1.07 bits per heavy atom. The number of hydrogen-bond donors (Lipinski definition) is 0.